The largest absolute Gasteiger partial charge is 0.468 e. The molecule has 0 fully saturated rings. The first-order valence-corrected chi connectivity index (χ1v) is 8.58. The summed E-state index contributed by atoms with van der Waals surface area (Å²) in [6.45, 7) is 7.22. The van der Waals surface area contributed by atoms with Gasteiger partial charge >= 0.3 is 5.97 Å². The smallest absolute Gasteiger partial charge is 0.323 e. The van der Waals surface area contributed by atoms with Gasteiger partial charge in [0.2, 0.25) is 0 Å². The number of carbonyl (C=O) groups excluding carboxylic acids is 1. The molecule has 0 bridgehead atoms. The average Bonchev–Trinajstić information content (AvgIpc) is 2.60. The SMILES string of the molecule is COC(=O)C1Cc2ccc(Oc3ccc(C(C)(C)C)cc3)cc2CN1. The summed E-state index contributed by atoms with van der Waals surface area (Å²) in [6.07, 6.45) is 0.641. The van der Waals surface area contributed by atoms with Crippen molar-refractivity contribution in [3.8, 4) is 11.5 Å². The third kappa shape index (κ3) is 4.02. The molecular weight excluding hydrogens is 314 g/mol. The highest BCUT2D eigenvalue weighted by Crippen LogP contribution is 2.29. The monoisotopic (exact) mass is 339 g/mol. The minimum atomic E-state index is -0.269. The Labute approximate surface area is 149 Å². The quantitative estimate of drug-likeness (QED) is 0.860. The number of fused-ring (bicyclic) bond motifs is 1. The maximum atomic E-state index is 11.7. The highest BCUT2D eigenvalue weighted by molar-refractivity contribution is 5.76. The summed E-state index contributed by atoms with van der Waals surface area (Å²) in [5, 5.41) is 3.21. The number of ether oxygens (including phenoxy) is 2. The Kier molecular flexibility index (Phi) is 4.82. The van der Waals surface area contributed by atoms with Crippen LogP contribution in [-0.2, 0) is 27.9 Å². The molecule has 1 heterocycles. The van der Waals surface area contributed by atoms with Crippen molar-refractivity contribution in [3.05, 3.63) is 59.2 Å². The van der Waals surface area contributed by atoms with Crippen molar-refractivity contribution in [3.63, 3.8) is 0 Å². The predicted molar refractivity (Wildman–Crippen MR) is 98.0 cm³/mol. The standard InChI is InChI=1S/C21H25NO3/c1-21(2,3)16-6-9-17(10-7-16)25-18-8-5-14-12-19(20(23)24-4)22-13-15(14)11-18/h5-11,19,22H,12-13H2,1-4H3. The Morgan fingerprint density at radius 3 is 2.36 bits per heavy atom. The summed E-state index contributed by atoms with van der Waals surface area (Å²) in [7, 11) is 1.42. The van der Waals surface area contributed by atoms with Gasteiger partial charge in [-0.2, -0.15) is 0 Å². The van der Waals surface area contributed by atoms with Crippen molar-refractivity contribution in [2.75, 3.05) is 7.11 Å². The number of nitrogens with one attached hydrogen (secondary N) is 1. The van der Waals surface area contributed by atoms with Crippen molar-refractivity contribution in [2.45, 2.75) is 45.2 Å². The van der Waals surface area contributed by atoms with Gasteiger partial charge in [0.15, 0.2) is 0 Å². The molecule has 0 aromatic heterocycles. The van der Waals surface area contributed by atoms with Gasteiger partial charge in [0, 0.05) is 6.54 Å². The molecule has 4 nitrogen and oxygen atoms in total. The second kappa shape index (κ2) is 6.89. The van der Waals surface area contributed by atoms with Gasteiger partial charge < -0.3 is 14.8 Å². The van der Waals surface area contributed by atoms with Crippen LogP contribution in [0.2, 0.25) is 0 Å². The molecule has 1 atom stereocenters. The number of rotatable bonds is 3. The molecule has 0 amide bonds. The summed E-state index contributed by atoms with van der Waals surface area (Å²) in [5.41, 5.74) is 3.73. The summed E-state index contributed by atoms with van der Waals surface area (Å²) in [6, 6.07) is 14.0. The molecule has 25 heavy (non-hydrogen) atoms. The first-order valence-electron chi connectivity index (χ1n) is 8.58. The van der Waals surface area contributed by atoms with E-state index >= 15 is 0 Å². The van der Waals surface area contributed by atoms with E-state index in [0.29, 0.717) is 13.0 Å². The van der Waals surface area contributed by atoms with E-state index in [1.165, 1.54) is 12.7 Å². The van der Waals surface area contributed by atoms with Gasteiger partial charge in [-0.15, -0.1) is 0 Å². The van der Waals surface area contributed by atoms with E-state index in [1.807, 2.05) is 30.3 Å². The molecule has 2 aromatic rings. The van der Waals surface area contributed by atoms with Crippen LogP contribution in [0.4, 0.5) is 0 Å². The number of esters is 1. The number of hydrogen-bond donors (Lipinski definition) is 1. The Balaban J connectivity index is 1.72. The van der Waals surface area contributed by atoms with Crippen LogP contribution in [0.3, 0.4) is 0 Å². The zero-order valence-corrected chi connectivity index (χ0v) is 15.3. The van der Waals surface area contributed by atoms with Gasteiger partial charge in [0.25, 0.3) is 0 Å². The molecule has 0 saturated carbocycles. The summed E-state index contributed by atoms with van der Waals surface area (Å²) in [4.78, 5) is 11.7. The molecule has 4 heteroatoms. The number of benzene rings is 2. The fourth-order valence-corrected chi connectivity index (χ4v) is 3.02. The molecule has 132 valence electrons. The second-order valence-corrected chi connectivity index (χ2v) is 7.47. The van der Waals surface area contributed by atoms with Crippen molar-refractivity contribution in [2.24, 2.45) is 0 Å². The molecule has 0 saturated heterocycles. The lowest BCUT2D eigenvalue weighted by Crippen LogP contribution is -2.42. The summed E-state index contributed by atoms with van der Waals surface area (Å²) >= 11 is 0. The van der Waals surface area contributed by atoms with Crippen molar-refractivity contribution in [1.29, 1.82) is 0 Å². The van der Waals surface area contributed by atoms with Gasteiger partial charge in [-0.1, -0.05) is 39.0 Å². The molecular formula is C21H25NO3. The van der Waals surface area contributed by atoms with Crippen LogP contribution in [0.1, 0.15) is 37.5 Å². The Hall–Kier alpha value is -2.33. The molecule has 2 aromatic carbocycles. The Bertz CT molecular complexity index is 760. The van der Waals surface area contributed by atoms with E-state index in [0.717, 1.165) is 22.6 Å². The molecule has 1 unspecified atom stereocenters. The predicted octanol–water partition coefficient (Wildman–Crippen LogP) is 3.96. The van der Waals surface area contributed by atoms with E-state index in [4.69, 9.17) is 9.47 Å². The van der Waals surface area contributed by atoms with Gasteiger partial charge in [-0.05, 0) is 52.8 Å². The fraction of sp³-hybridized carbons (Fsp3) is 0.381. The first kappa shape index (κ1) is 17.5. The molecule has 0 radical (unpaired) electrons. The first-order chi connectivity index (χ1) is 11.9. The van der Waals surface area contributed by atoms with Crippen LogP contribution in [0, 0.1) is 0 Å². The van der Waals surface area contributed by atoms with Crippen LogP contribution < -0.4 is 10.1 Å². The number of carbonyl (C=O) groups is 1. The average molecular weight is 339 g/mol. The number of hydrogen-bond acceptors (Lipinski definition) is 4. The van der Waals surface area contributed by atoms with E-state index in [1.54, 1.807) is 0 Å². The maximum Gasteiger partial charge on any atom is 0.323 e. The summed E-state index contributed by atoms with van der Waals surface area (Å²) < 4.78 is 10.8. The van der Waals surface area contributed by atoms with Gasteiger partial charge in [0.05, 0.1) is 7.11 Å². The lowest BCUT2D eigenvalue weighted by atomic mass is 9.87. The van der Waals surface area contributed by atoms with Crippen LogP contribution in [0.25, 0.3) is 0 Å². The molecule has 1 aliphatic heterocycles. The molecule has 3 rings (SSSR count). The molecule has 0 aliphatic carbocycles. The Morgan fingerprint density at radius 2 is 1.72 bits per heavy atom. The highest BCUT2D eigenvalue weighted by Gasteiger charge is 2.25. The molecule has 1 N–H and O–H groups in total. The zero-order chi connectivity index (χ0) is 18.0. The van der Waals surface area contributed by atoms with Gasteiger partial charge in [-0.3, -0.25) is 4.79 Å². The second-order valence-electron chi connectivity index (χ2n) is 7.47. The van der Waals surface area contributed by atoms with E-state index < -0.39 is 0 Å². The van der Waals surface area contributed by atoms with Gasteiger partial charge in [0.1, 0.15) is 17.5 Å². The van der Waals surface area contributed by atoms with Crippen LogP contribution in [0.5, 0.6) is 11.5 Å². The third-order valence-electron chi connectivity index (χ3n) is 4.58. The highest BCUT2D eigenvalue weighted by atomic mass is 16.5. The van der Waals surface area contributed by atoms with Crippen molar-refractivity contribution >= 4 is 5.97 Å². The van der Waals surface area contributed by atoms with Crippen LogP contribution >= 0.6 is 0 Å². The van der Waals surface area contributed by atoms with Crippen molar-refractivity contribution in [1.82, 2.24) is 5.32 Å². The van der Waals surface area contributed by atoms with Gasteiger partial charge in [-0.25, -0.2) is 0 Å². The van der Waals surface area contributed by atoms with E-state index in [-0.39, 0.29) is 17.4 Å². The normalized spacial score (nSPS) is 16.9. The lowest BCUT2D eigenvalue weighted by molar-refractivity contribution is -0.143. The van der Waals surface area contributed by atoms with E-state index in [2.05, 4.69) is 38.2 Å². The topological polar surface area (TPSA) is 47.6 Å². The third-order valence-corrected chi connectivity index (χ3v) is 4.58. The molecule has 1 aliphatic rings. The maximum absolute atomic E-state index is 11.7. The lowest BCUT2D eigenvalue weighted by Gasteiger charge is -2.24. The minimum Gasteiger partial charge on any atom is -0.468 e. The van der Waals surface area contributed by atoms with Crippen LogP contribution in [0.15, 0.2) is 42.5 Å². The fourth-order valence-electron chi connectivity index (χ4n) is 3.02. The Morgan fingerprint density at radius 1 is 1.04 bits per heavy atom. The van der Waals surface area contributed by atoms with E-state index in [9.17, 15) is 4.79 Å². The number of methoxy groups -OCH3 is 1. The minimum absolute atomic E-state index is 0.131. The molecule has 0 spiro atoms. The summed E-state index contributed by atoms with van der Waals surface area (Å²) in [5.74, 6) is 1.41. The van der Waals surface area contributed by atoms with Crippen molar-refractivity contribution < 1.29 is 14.3 Å². The zero-order valence-electron chi connectivity index (χ0n) is 15.3. The van der Waals surface area contributed by atoms with Crippen LogP contribution in [-0.4, -0.2) is 19.1 Å².